The smallest absolute Gasteiger partial charge is 0.226 e. The topological polar surface area (TPSA) is 60.2 Å². The minimum Gasteiger partial charge on any atom is -0.385 e. The number of benzene rings is 1. The zero-order valence-corrected chi connectivity index (χ0v) is 11.4. The van der Waals surface area contributed by atoms with Crippen molar-refractivity contribution < 1.29 is 9.26 Å². The number of hydrogen-bond donors (Lipinski definition) is 1. The number of hydrogen-bond acceptors (Lipinski definition) is 5. The van der Waals surface area contributed by atoms with Gasteiger partial charge in [-0.05, 0) is 25.0 Å². The van der Waals surface area contributed by atoms with Crippen molar-refractivity contribution in [2.45, 2.75) is 25.2 Å². The molecule has 0 bridgehead atoms. The average molecular weight is 273 g/mol. The van der Waals surface area contributed by atoms with Crippen molar-refractivity contribution >= 4 is 5.69 Å². The molecular weight excluding hydrogens is 254 g/mol. The number of rotatable bonds is 6. The van der Waals surface area contributed by atoms with Gasteiger partial charge in [0.25, 0.3) is 0 Å². The molecule has 0 spiro atoms. The molecule has 1 atom stereocenters. The van der Waals surface area contributed by atoms with Crippen molar-refractivity contribution in [2.24, 2.45) is 0 Å². The van der Waals surface area contributed by atoms with E-state index in [1.54, 1.807) is 0 Å². The quantitative estimate of drug-likeness (QED) is 0.820. The minimum absolute atomic E-state index is 0.315. The predicted molar refractivity (Wildman–Crippen MR) is 75.7 cm³/mol. The number of ether oxygens (including phenoxy) is 1. The van der Waals surface area contributed by atoms with Crippen LogP contribution < -0.4 is 5.32 Å². The summed E-state index contributed by atoms with van der Waals surface area (Å²) in [4.78, 5) is 4.45. The number of aromatic nitrogens is 2. The standard InChI is InChI=1S/C15H19N3O2/c1-2-5-13(6-3-1)16-9-4-7-14-17-15(18-20-14)12-8-10-19-11-12/h1-3,5-6,12,16H,4,7-11H2. The summed E-state index contributed by atoms with van der Waals surface area (Å²) < 4.78 is 10.6. The van der Waals surface area contributed by atoms with Gasteiger partial charge >= 0.3 is 0 Å². The fourth-order valence-electron chi connectivity index (χ4n) is 2.30. The number of aryl methyl sites for hydroxylation is 1. The Balaban J connectivity index is 1.42. The van der Waals surface area contributed by atoms with Crippen LogP contribution in [0, 0.1) is 0 Å². The Labute approximate surface area is 118 Å². The Kier molecular flexibility index (Phi) is 4.28. The molecule has 1 saturated heterocycles. The first kappa shape index (κ1) is 13.1. The van der Waals surface area contributed by atoms with Crippen LogP contribution in [0.25, 0.3) is 0 Å². The third-order valence-electron chi connectivity index (χ3n) is 3.45. The molecule has 1 aliphatic rings. The summed E-state index contributed by atoms with van der Waals surface area (Å²) >= 11 is 0. The summed E-state index contributed by atoms with van der Waals surface area (Å²) in [7, 11) is 0. The number of para-hydroxylation sites is 1. The zero-order valence-electron chi connectivity index (χ0n) is 11.4. The molecule has 20 heavy (non-hydrogen) atoms. The fourth-order valence-corrected chi connectivity index (χ4v) is 2.30. The molecule has 106 valence electrons. The van der Waals surface area contributed by atoms with Crippen LogP contribution in [0.3, 0.4) is 0 Å². The lowest BCUT2D eigenvalue weighted by atomic mass is 10.1. The Bertz CT molecular complexity index is 521. The Morgan fingerprint density at radius 3 is 2.95 bits per heavy atom. The molecule has 5 nitrogen and oxygen atoms in total. The van der Waals surface area contributed by atoms with Crippen LogP contribution in [0.5, 0.6) is 0 Å². The number of nitrogens with one attached hydrogen (secondary N) is 1. The molecule has 3 rings (SSSR count). The monoisotopic (exact) mass is 273 g/mol. The van der Waals surface area contributed by atoms with Gasteiger partial charge in [-0.25, -0.2) is 0 Å². The summed E-state index contributed by atoms with van der Waals surface area (Å²) in [5.41, 5.74) is 1.14. The molecule has 0 aliphatic carbocycles. The third kappa shape index (κ3) is 3.36. The number of nitrogens with zero attached hydrogens (tertiary/aromatic N) is 2. The molecule has 1 unspecified atom stereocenters. The normalized spacial score (nSPS) is 18.3. The summed E-state index contributed by atoms with van der Waals surface area (Å²) in [6.07, 6.45) is 2.77. The first-order chi connectivity index (χ1) is 9.92. The van der Waals surface area contributed by atoms with E-state index in [0.717, 1.165) is 49.8 Å². The van der Waals surface area contributed by atoms with E-state index >= 15 is 0 Å². The van der Waals surface area contributed by atoms with Crippen molar-refractivity contribution in [3.63, 3.8) is 0 Å². The molecule has 1 aliphatic heterocycles. The van der Waals surface area contributed by atoms with Crippen LogP contribution in [0.2, 0.25) is 0 Å². The Hall–Kier alpha value is -1.88. The van der Waals surface area contributed by atoms with Crippen LogP contribution in [-0.2, 0) is 11.2 Å². The predicted octanol–water partition coefficient (Wildman–Crippen LogP) is 2.62. The van der Waals surface area contributed by atoms with E-state index < -0.39 is 0 Å². The molecule has 0 saturated carbocycles. The van der Waals surface area contributed by atoms with Crippen molar-refractivity contribution in [1.29, 1.82) is 0 Å². The van der Waals surface area contributed by atoms with Gasteiger partial charge in [-0.1, -0.05) is 23.4 Å². The van der Waals surface area contributed by atoms with Crippen LogP contribution in [0.4, 0.5) is 5.69 Å². The first-order valence-electron chi connectivity index (χ1n) is 7.11. The van der Waals surface area contributed by atoms with Crippen molar-refractivity contribution in [3.8, 4) is 0 Å². The van der Waals surface area contributed by atoms with E-state index in [1.165, 1.54) is 0 Å². The summed E-state index contributed by atoms with van der Waals surface area (Å²) in [6.45, 7) is 2.42. The maximum atomic E-state index is 5.34. The Morgan fingerprint density at radius 1 is 1.25 bits per heavy atom. The van der Waals surface area contributed by atoms with Crippen LogP contribution in [-0.4, -0.2) is 29.9 Å². The van der Waals surface area contributed by atoms with Crippen molar-refractivity contribution in [3.05, 3.63) is 42.0 Å². The van der Waals surface area contributed by atoms with Gasteiger partial charge in [-0.15, -0.1) is 0 Å². The van der Waals surface area contributed by atoms with Gasteiger partial charge in [-0.3, -0.25) is 0 Å². The van der Waals surface area contributed by atoms with Crippen molar-refractivity contribution in [1.82, 2.24) is 10.1 Å². The highest BCUT2D eigenvalue weighted by Crippen LogP contribution is 2.22. The summed E-state index contributed by atoms with van der Waals surface area (Å²) in [5.74, 6) is 1.84. The van der Waals surface area contributed by atoms with Gasteiger partial charge in [0.2, 0.25) is 5.89 Å². The van der Waals surface area contributed by atoms with E-state index in [4.69, 9.17) is 9.26 Å². The molecular formula is C15H19N3O2. The largest absolute Gasteiger partial charge is 0.385 e. The highest BCUT2D eigenvalue weighted by Gasteiger charge is 2.22. The van der Waals surface area contributed by atoms with Crippen LogP contribution in [0.1, 0.15) is 30.5 Å². The second-order valence-electron chi connectivity index (χ2n) is 5.00. The highest BCUT2D eigenvalue weighted by atomic mass is 16.5. The van der Waals surface area contributed by atoms with Crippen LogP contribution in [0.15, 0.2) is 34.9 Å². The van der Waals surface area contributed by atoms with E-state index in [1.807, 2.05) is 18.2 Å². The average Bonchev–Trinajstić information content (AvgIpc) is 3.15. The lowest BCUT2D eigenvalue weighted by Gasteiger charge is -2.04. The molecule has 0 radical (unpaired) electrons. The van der Waals surface area contributed by atoms with Crippen molar-refractivity contribution in [2.75, 3.05) is 25.1 Å². The molecule has 1 aromatic heterocycles. The molecule has 1 fully saturated rings. The van der Waals surface area contributed by atoms with Gasteiger partial charge in [0.15, 0.2) is 5.82 Å². The van der Waals surface area contributed by atoms with Crippen LogP contribution >= 0.6 is 0 Å². The SMILES string of the molecule is c1ccc(NCCCc2nc(C3CCOC3)no2)cc1. The fraction of sp³-hybridized carbons (Fsp3) is 0.467. The zero-order chi connectivity index (χ0) is 13.6. The lowest BCUT2D eigenvalue weighted by molar-refractivity contribution is 0.192. The summed E-state index contributed by atoms with van der Waals surface area (Å²) in [6, 6.07) is 10.2. The molecule has 1 N–H and O–H groups in total. The Morgan fingerprint density at radius 2 is 2.15 bits per heavy atom. The molecule has 2 heterocycles. The van der Waals surface area contributed by atoms with Gasteiger partial charge in [0.1, 0.15) is 0 Å². The second kappa shape index (κ2) is 6.52. The number of anilines is 1. The van der Waals surface area contributed by atoms with Gasteiger partial charge < -0.3 is 14.6 Å². The maximum Gasteiger partial charge on any atom is 0.226 e. The van der Waals surface area contributed by atoms with E-state index in [0.29, 0.717) is 12.5 Å². The second-order valence-corrected chi connectivity index (χ2v) is 5.00. The summed E-state index contributed by atoms with van der Waals surface area (Å²) in [5, 5.41) is 7.42. The van der Waals surface area contributed by atoms with Gasteiger partial charge in [0, 0.05) is 31.2 Å². The van der Waals surface area contributed by atoms with Gasteiger partial charge in [-0.2, -0.15) is 4.98 Å². The van der Waals surface area contributed by atoms with E-state index in [2.05, 4.69) is 27.6 Å². The first-order valence-corrected chi connectivity index (χ1v) is 7.11. The third-order valence-corrected chi connectivity index (χ3v) is 3.45. The minimum atomic E-state index is 0.315. The van der Waals surface area contributed by atoms with E-state index in [-0.39, 0.29) is 0 Å². The highest BCUT2D eigenvalue weighted by molar-refractivity contribution is 5.42. The molecule has 5 heteroatoms. The van der Waals surface area contributed by atoms with E-state index in [9.17, 15) is 0 Å². The van der Waals surface area contributed by atoms with Gasteiger partial charge in [0.05, 0.1) is 6.61 Å². The maximum absolute atomic E-state index is 5.34. The lowest BCUT2D eigenvalue weighted by Crippen LogP contribution is -2.03. The molecule has 1 aromatic carbocycles. The molecule has 0 amide bonds. The molecule has 2 aromatic rings.